The van der Waals surface area contributed by atoms with Crippen molar-refractivity contribution in [3.05, 3.63) is 114 Å². The van der Waals surface area contributed by atoms with Gasteiger partial charge >= 0.3 is 5.66 Å². The number of hydrogen-bond donors (Lipinski definition) is 0. The van der Waals surface area contributed by atoms with E-state index in [0.29, 0.717) is 0 Å². The van der Waals surface area contributed by atoms with Gasteiger partial charge in [0.2, 0.25) is 11.2 Å². The monoisotopic (exact) mass is 461 g/mol. The van der Waals surface area contributed by atoms with Gasteiger partial charge in [-0.15, -0.1) is 9.13 Å². The molecule has 0 fully saturated rings. The molecule has 0 aliphatic carbocycles. The van der Waals surface area contributed by atoms with Crippen LogP contribution < -0.4 is 13.9 Å². The van der Waals surface area contributed by atoms with Crippen LogP contribution in [0.2, 0.25) is 0 Å². The fourth-order valence-corrected chi connectivity index (χ4v) is 7.61. The normalized spacial score (nSPS) is 17.9. The third kappa shape index (κ3) is 1.57. The van der Waals surface area contributed by atoms with E-state index in [2.05, 4.69) is 118 Å². The zero-order valence-electron chi connectivity index (χ0n) is 19.5. The summed E-state index contributed by atoms with van der Waals surface area (Å²) in [7, 11) is 0. The van der Waals surface area contributed by atoms with Crippen molar-refractivity contribution < 1.29 is 13.9 Å². The zero-order chi connectivity index (χ0) is 23.3. The Hall–Kier alpha value is -4.70. The Kier molecular flexibility index (Phi) is 2.66. The number of aromatic nitrogens is 3. The highest BCUT2D eigenvalue weighted by molar-refractivity contribution is 6.21. The van der Waals surface area contributed by atoms with Crippen LogP contribution in [0, 0.1) is 6.92 Å². The number of pyridine rings is 3. The fraction of sp³-hybridized carbons (Fsp3) is 0.0625. The molecular weight excluding hydrogens is 442 g/mol. The molecule has 3 aliphatic rings. The summed E-state index contributed by atoms with van der Waals surface area (Å²) in [5.74, 6) is 1.88. The summed E-state index contributed by atoms with van der Waals surface area (Å²) in [6.45, 7) is 2.25. The molecule has 1 spiro atoms. The molecule has 0 radical (unpaired) electrons. The Morgan fingerprint density at radius 2 is 1.53 bits per heavy atom. The molecule has 7 aromatic rings. The van der Waals surface area contributed by atoms with Gasteiger partial charge in [-0.25, -0.2) is 0 Å². The van der Waals surface area contributed by atoms with Crippen LogP contribution in [0.1, 0.15) is 16.8 Å². The summed E-state index contributed by atoms with van der Waals surface area (Å²) in [4.78, 5) is 0. The van der Waals surface area contributed by atoms with Gasteiger partial charge in [0.05, 0.1) is 16.5 Å². The zero-order valence-corrected chi connectivity index (χ0v) is 19.5. The maximum atomic E-state index is 6.68. The molecule has 0 N–H and O–H groups in total. The van der Waals surface area contributed by atoms with Crippen LogP contribution in [0.25, 0.3) is 49.4 Å². The Labute approximate surface area is 205 Å². The standard InChI is InChI=1S/C32H19N3O/c1-18-19-8-2-3-9-20(19)30-22-14-15-26-29-27(22)31-24(35(18)30)12-7-17-34(31)32(29)28-21(10-6-13-25(28)36-26)23-11-4-5-16-33(23)32/h2-17H,1H3/q+2. The molecule has 7 heterocycles. The first-order valence-corrected chi connectivity index (χ1v) is 12.5. The first kappa shape index (κ1) is 17.7. The van der Waals surface area contributed by atoms with Crippen molar-refractivity contribution in [1.82, 2.24) is 4.40 Å². The van der Waals surface area contributed by atoms with Crippen LogP contribution in [-0.4, -0.2) is 4.40 Å². The minimum atomic E-state index is -0.513. The van der Waals surface area contributed by atoms with E-state index in [1.165, 1.54) is 66.2 Å². The number of benzene rings is 3. The molecule has 3 aliphatic heterocycles. The van der Waals surface area contributed by atoms with E-state index in [1.807, 2.05) is 0 Å². The second-order valence-electron chi connectivity index (χ2n) is 10.2. The van der Waals surface area contributed by atoms with E-state index in [9.17, 15) is 0 Å². The largest absolute Gasteiger partial charge is 0.456 e. The number of aryl methyl sites for hydroxylation is 1. The molecule has 4 aromatic heterocycles. The summed E-state index contributed by atoms with van der Waals surface area (Å²) in [5.41, 5.74) is 9.46. The Morgan fingerprint density at radius 3 is 2.47 bits per heavy atom. The Morgan fingerprint density at radius 1 is 0.694 bits per heavy atom. The van der Waals surface area contributed by atoms with E-state index in [4.69, 9.17) is 4.74 Å². The van der Waals surface area contributed by atoms with Gasteiger partial charge in [0.15, 0.2) is 23.5 Å². The Balaban J connectivity index is 1.57. The molecule has 0 bridgehead atoms. The maximum absolute atomic E-state index is 6.68. The molecule has 0 saturated heterocycles. The molecule has 3 aromatic carbocycles. The van der Waals surface area contributed by atoms with Crippen LogP contribution in [0.5, 0.6) is 11.5 Å². The molecule has 1 unspecified atom stereocenters. The highest BCUT2D eigenvalue weighted by atomic mass is 16.5. The lowest BCUT2D eigenvalue weighted by atomic mass is 9.86. The lowest BCUT2D eigenvalue weighted by molar-refractivity contribution is -0.950. The number of hydrogen-bond acceptors (Lipinski definition) is 1. The molecule has 10 rings (SSSR count). The van der Waals surface area contributed by atoms with Gasteiger partial charge < -0.3 is 9.14 Å². The average Bonchev–Trinajstić information content (AvgIpc) is 3.53. The molecule has 166 valence electrons. The summed E-state index contributed by atoms with van der Waals surface area (Å²) < 4.78 is 14.1. The van der Waals surface area contributed by atoms with Crippen LogP contribution >= 0.6 is 0 Å². The second kappa shape index (κ2) is 5.42. The van der Waals surface area contributed by atoms with Crippen molar-refractivity contribution in [1.29, 1.82) is 0 Å². The van der Waals surface area contributed by atoms with Crippen molar-refractivity contribution in [2.24, 2.45) is 0 Å². The van der Waals surface area contributed by atoms with E-state index in [-0.39, 0.29) is 0 Å². The number of nitrogens with zero attached hydrogens (tertiary/aromatic N) is 3. The number of ether oxygens (including phenoxy) is 1. The summed E-state index contributed by atoms with van der Waals surface area (Å²) in [5, 5.41) is 5.17. The lowest BCUT2D eigenvalue weighted by Gasteiger charge is -2.25. The fourth-order valence-electron chi connectivity index (χ4n) is 7.61. The maximum Gasteiger partial charge on any atom is 0.425 e. The van der Waals surface area contributed by atoms with E-state index in [0.717, 1.165) is 11.5 Å². The van der Waals surface area contributed by atoms with Crippen molar-refractivity contribution in [2.45, 2.75) is 12.6 Å². The molecule has 0 saturated carbocycles. The van der Waals surface area contributed by atoms with E-state index in [1.54, 1.807) is 0 Å². The minimum absolute atomic E-state index is 0.513. The van der Waals surface area contributed by atoms with Gasteiger partial charge in [-0.2, -0.15) is 0 Å². The second-order valence-corrected chi connectivity index (χ2v) is 10.2. The SMILES string of the molecule is Cc1c2ccccc2c2c3ccc4c5c3c3c(ccc[n+]3C53c5c(cccc5-c5cccc[n+]53)O4)n12. The third-order valence-electron chi connectivity index (χ3n) is 8.78. The van der Waals surface area contributed by atoms with E-state index < -0.39 is 5.66 Å². The molecule has 1 atom stereocenters. The average molecular weight is 462 g/mol. The van der Waals surface area contributed by atoms with Crippen molar-refractivity contribution in [3.63, 3.8) is 0 Å². The summed E-state index contributed by atoms with van der Waals surface area (Å²) in [6, 6.07) is 30.7. The van der Waals surface area contributed by atoms with Gasteiger partial charge in [-0.05, 0) is 43.3 Å². The lowest BCUT2D eigenvalue weighted by Crippen LogP contribution is -2.71. The Bertz CT molecular complexity index is 2210. The number of fused-ring (bicyclic) bond motifs is 7. The highest BCUT2D eigenvalue weighted by Gasteiger charge is 2.70. The molecule has 36 heavy (non-hydrogen) atoms. The van der Waals surface area contributed by atoms with Gasteiger partial charge in [0.25, 0.3) is 0 Å². The molecule has 4 nitrogen and oxygen atoms in total. The first-order valence-electron chi connectivity index (χ1n) is 12.5. The minimum Gasteiger partial charge on any atom is -0.456 e. The quantitative estimate of drug-likeness (QED) is 0.201. The van der Waals surface area contributed by atoms with Crippen LogP contribution in [0.15, 0.2) is 97.3 Å². The predicted octanol–water partition coefficient (Wildman–Crippen LogP) is 5.98. The van der Waals surface area contributed by atoms with E-state index >= 15 is 0 Å². The van der Waals surface area contributed by atoms with Crippen molar-refractivity contribution in [3.8, 4) is 22.8 Å². The first-order chi connectivity index (χ1) is 17.8. The number of rotatable bonds is 0. The highest BCUT2D eigenvalue weighted by Crippen LogP contribution is 2.57. The van der Waals surface area contributed by atoms with Crippen molar-refractivity contribution in [2.75, 3.05) is 0 Å². The topological polar surface area (TPSA) is 21.4 Å². The molecule has 0 amide bonds. The van der Waals surface area contributed by atoms with Gasteiger partial charge in [0, 0.05) is 40.1 Å². The summed E-state index contributed by atoms with van der Waals surface area (Å²) in [6.07, 6.45) is 4.50. The van der Waals surface area contributed by atoms with Gasteiger partial charge in [-0.3, -0.25) is 0 Å². The third-order valence-corrected chi connectivity index (χ3v) is 8.78. The molecule has 4 heteroatoms. The van der Waals surface area contributed by atoms with Crippen LogP contribution in [0.4, 0.5) is 0 Å². The van der Waals surface area contributed by atoms with Crippen LogP contribution in [-0.2, 0) is 5.66 Å². The molecular formula is C32H19N3O+2. The van der Waals surface area contributed by atoms with Gasteiger partial charge in [-0.1, -0.05) is 30.3 Å². The van der Waals surface area contributed by atoms with Crippen molar-refractivity contribution >= 4 is 38.1 Å². The van der Waals surface area contributed by atoms with Gasteiger partial charge in [0.1, 0.15) is 17.0 Å². The predicted molar refractivity (Wildman–Crippen MR) is 139 cm³/mol. The summed E-state index contributed by atoms with van der Waals surface area (Å²) >= 11 is 0. The van der Waals surface area contributed by atoms with Crippen LogP contribution in [0.3, 0.4) is 0 Å². The smallest absolute Gasteiger partial charge is 0.425 e.